The summed E-state index contributed by atoms with van der Waals surface area (Å²) in [5.41, 5.74) is 3.12. The van der Waals surface area contributed by atoms with Gasteiger partial charge in [0, 0.05) is 19.0 Å². The van der Waals surface area contributed by atoms with E-state index >= 15 is 0 Å². The average Bonchev–Trinajstić information content (AvgIpc) is 3.42. The number of benzene rings is 1. The zero-order chi connectivity index (χ0) is 17.2. The molecule has 132 valence electrons. The van der Waals surface area contributed by atoms with E-state index in [1.165, 1.54) is 5.56 Å². The molecular weight excluding hydrogens is 314 g/mol. The standard InChI is InChI=1S/C20H25N3O2/c1-2-17-14-22(10-11-25-17)20(24)18-12-21-23(19(18)16-8-9-16)13-15-6-4-3-5-7-15/h3-7,12,16-17H,2,8-11,13-14H2,1H3/t17-/m0/s1. The van der Waals surface area contributed by atoms with E-state index in [-0.39, 0.29) is 12.0 Å². The SMILES string of the molecule is CC[C@H]1CN(C(=O)c2cnn(Cc3ccccc3)c2C2CC2)CCO1. The van der Waals surface area contributed by atoms with Gasteiger partial charge in [-0.1, -0.05) is 37.3 Å². The van der Waals surface area contributed by atoms with E-state index < -0.39 is 0 Å². The molecule has 1 aliphatic heterocycles. The molecule has 0 bridgehead atoms. The van der Waals surface area contributed by atoms with Crippen LogP contribution in [-0.2, 0) is 11.3 Å². The molecule has 1 aromatic carbocycles. The third-order valence-electron chi connectivity index (χ3n) is 5.13. The van der Waals surface area contributed by atoms with Crippen molar-refractivity contribution in [3.63, 3.8) is 0 Å². The van der Waals surface area contributed by atoms with Crippen molar-refractivity contribution < 1.29 is 9.53 Å². The zero-order valence-corrected chi connectivity index (χ0v) is 14.7. The molecule has 0 N–H and O–H groups in total. The fourth-order valence-electron chi connectivity index (χ4n) is 3.55. The lowest BCUT2D eigenvalue weighted by molar-refractivity contribution is -0.0226. The van der Waals surface area contributed by atoms with E-state index in [1.54, 1.807) is 6.20 Å². The van der Waals surface area contributed by atoms with E-state index in [2.05, 4.69) is 24.2 Å². The lowest BCUT2D eigenvalue weighted by Gasteiger charge is -2.32. The first-order valence-electron chi connectivity index (χ1n) is 9.26. The Kier molecular flexibility index (Phi) is 4.57. The van der Waals surface area contributed by atoms with Gasteiger partial charge in [0.1, 0.15) is 0 Å². The van der Waals surface area contributed by atoms with Crippen LogP contribution in [0.5, 0.6) is 0 Å². The van der Waals surface area contributed by atoms with Crippen LogP contribution in [0.1, 0.15) is 53.7 Å². The number of rotatable bonds is 5. The Labute approximate surface area is 148 Å². The van der Waals surface area contributed by atoms with Gasteiger partial charge < -0.3 is 9.64 Å². The molecule has 2 aliphatic rings. The number of aromatic nitrogens is 2. The second-order valence-electron chi connectivity index (χ2n) is 7.01. The number of morpholine rings is 1. The number of carbonyl (C=O) groups is 1. The van der Waals surface area contributed by atoms with Crippen LogP contribution < -0.4 is 0 Å². The predicted molar refractivity (Wildman–Crippen MR) is 95.7 cm³/mol. The molecular formula is C20H25N3O2. The molecule has 1 saturated carbocycles. The minimum atomic E-state index is 0.114. The molecule has 1 saturated heterocycles. The first kappa shape index (κ1) is 16.3. The van der Waals surface area contributed by atoms with Gasteiger partial charge in [0.2, 0.25) is 0 Å². The number of nitrogens with zero attached hydrogens (tertiary/aromatic N) is 3. The molecule has 5 nitrogen and oxygen atoms in total. The Hall–Kier alpha value is -2.14. The van der Waals surface area contributed by atoms with Crippen LogP contribution in [0.3, 0.4) is 0 Å². The Bertz CT molecular complexity index is 737. The van der Waals surface area contributed by atoms with Crippen LogP contribution in [0, 0.1) is 0 Å². The first-order valence-corrected chi connectivity index (χ1v) is 9.26. The Morgan fingerprint density at radius 2 is 2.08 bits per heavy atom. The lowest BCUT2D eigenvalue weighted by Crippen LogP contribution is -2.45. The van der Waals surface area contributed by atoms with Gasteiger partial charge in [0.25, 0.3) is 5.91 Å². The van der Waals surface area contributed by atoms with E-state index in [0.717, 1.165) is 37.1 Å². The smallest absolute Gasteiger partial charge is 0.257 e. The minimum absolute atomic E-state index is 0.114. The van der Waals surface area contributed by atoms with Gasteiger partial charge in [-0.25, -0.2) is 0 Å². The molecule has 0 spiro atoms. The van der Waals surface area contributed by atoms with Crippen LogP contribution >= 0.6 is 0 Å². The van der Waals surface area contributed by atoms with Crippen LogP contribution in [0.2, 0.25) is 0 Å². The highest BCUT2D eigenvalue weighted by atomic mass is 16.5. The van der Waals surface area contributed by atoms with Crippen LogP contribution in [0.15, 0.2) is 36.5 Å². The van der Waals surface area contributed by atoms with E-state index in [9.17, 15) is 4.79 Å². The topological polar surface area (TPSA) is 47.4 Å². The molecule has 2 fully saturated rings. The molecule has 2 heterocycles. The third kappa shape index (κ3) is 3.47. The molecule has 1 aromatic heterocycles. The average molecular weight is 339 g/mol. The molecule has 1 amide bonds. The summed E-state index contributed by atoms with van der Waals surface area (Å²) in [5.74, 6) is 0.594. The predicted octanol–water partition coefficient (Wildman–Crippen LogP) is 3.06. The normalized spacial score (nSPS) is 20.7. The van der Waals surface area contributed by atoms with Crippen molar-refractivity contribution >= 4 is 5.91 Å². The van der Waals surface area contributed by atoms with Gasteiger partial charge in [-0.15, -0.1) is 0 Å². The van der Waals surface area contributed by atoms with Crippen molar-refractivity contribution in [3.05, 3.63) is 53.3 Å². The number of hydrogen-bond acceptors (Lipinski definition) is 3. The van der Waals surface area contributed by atoms with Gasteiger partial charge in [-0.3, -0.25) is 9.48 Å². The van der Waals surface area contributed by atoms with E-state index in [1.807, 2.05) is 27.8 Å². The van der Waals surface area contributed by atoms with Gasteiger partial charge in [0.15, 0.2) is 0 Å². The molecule has 1 aliphatic carbocycles. The highest BCUT2D eigenvalue weighted by Gasteiger charge is 2.34. The molecule has 2 aromatic rings. The summed E-state index contributed by atoms with van der Waals surface area (Å²) < 4.78 is 7.73. The van der Waals surface area contributed by atoms with Crippen LogP contribution in [-0.4, -0.2) is 46.4 Å². The molecule has 0 radical (unpaired) electrons. The monoisotopic (exact) mass is 339 g/mol. The summed E-state index contributed by atoms with van der Waals surface area (Å²) in [7, 11) is 0. The summed E-state index contributed by atoms with van der Waals surface area (Å²) in [4.78, 5) is 15.0. The Morgan fingerprint density at radius 1 is 1.28 bits per heavy atom. The van der Waals surface area contributed by atoms with Crippen molar-refractivity contribution in [3.8, 4) is 0 Å². The fraction of sp³-hybridized carbons (Fsp3) is 0.500. The lowest BCUT2D eigenvalue weighted by atomic mass is 10.1. The minimum Gasteiger partial charge on any atom is -0.375 e. The Balaban J connectivity index is 1.58. The molecule has 1 atom stereocenters. The Morgan fingerprint density at radius 3 is 2.80 bits per heavy atom. The molecule has 4 rings (SSSR count). The maximum atomic E-state index is 13.1. The number of hydrogen-bond donors (Lipinski definition) is 0. The number of amides is 1. The van der Waals surface area contributed by atoms with Gasteiger partial charge >= 0.3 is 0 Å². The van der Waals surface area contributed by atoms with Crippen molar-refractivity contribution in [2.45, 2.75) is 44.8 Å². The first-order chi connectivity index (χ1) is 12.3. The van der Waals surface area contributed by atoms with Crippen molar-refractivity contribution in [1.29, 1.82) is 0 Å². The highest BCUT2D eigenvalue weighted by Crippen LogP contribution is 2.42. The third-order valence-corrected chi connectivity index (χ3v) is 5.13. The summed E-state index contributed by atoms with van der Waals surface area (Å²) in [6.07, 6.45) is 5.17. The van der Waals surface area contributed by atoms with Crippen molar-refractivity contribution in [2.24, 2.45) is 0 Å². The van der Waals surface area contributed by atoms with E-state index in [0.29, 0.717) is 25.6 Å². The number of carbonyl (C=O) groups excluding carboxylic acids is 1. The van der Waals surface area contributed by atoms with Gasteiger partial charge in [0.05, 0.1) is 36.7 Å². The summed E-state index contributed by atoms with van der Waals surface area (Å²) in [6, 6.07) is 10.3. The molecule has 25 heavy (non-hydrogen) atoms. The summed E-state index contributed by atoms with van der Waals surface area (Å²) in [5, 5.41) is 4.57. The second kappa shape index (κ2) is 7.00. The van der Waals surface area contributed by atoms with Gasteiger partial charge in [-0.2, -0.15) is 5.10 Å². The van der Waals surface area contributed by atoms with Crippen LogP contribution in [0.4, 0.5) is 0 Å². The van der Waals surface area contributed by atoms with Crippen LogP contribution in [0.25, 0.3) is 0 Å². The number of ether oxygens (including phenoxy) is 1. The fourth-order valence-corrected chi connectivity index (χ4v) is 3.55. The van der Waals surface area contributed by atoms with E-state index in [4.69, 9.17) is 4.74 Å². The molecule has 0 unspecified atom stereocenters. The van der Waals surface area contributed by atoms with Crippen molar-refractivity contribution in [2.75, 3.05) is 19.7 Å². The summed E-state index contributed by atoms with van der Waals surface area (Å²) >= 11 is 0. The summed E-state index contributed by atoms with van der Waals surface area (Å²) in [6.45, 7) is 4.81. The van der Waals surface area contributed by atoms with Gasteiger partial charge in [-0.05, 0) is 24.8 Å². The van der Waals surface area contributed by atoms with Crippen molar-refractivity contribution in [1.82, 2.24) is 14.7 Å². The largest absolute Gasteiger partial charge is 0.375 e. The zero-order valence-electron chi connectivity index (χ0n) is 14.7. The quantitative estimate of drug-likeness (QED) is 0.841. The highest BCUT2D eigenvalue weighted by molar-refractivity contribution is 5.95. The maximum Gasteiger partial charge on any atom is 0.257 e. The maximum absolute atomic E-state index is 13.1. The molecule has 5 heteroatoms. The second-order valence-corrected chi connectivity index (χ2v) is 7.01.